The van der Waals surface area contributed by atoms with Crippen molar-refractivity contribution in [3.05, 3.63) is 41.6 Å². The van der Waals surface area contributed by atoms with Crippen LogP contribution in [0.25, 0.3) is 0 Å². The lowest BCUT2D eigenvalue weighted by atomic mass is 10.1. The van der Waals surface area contributed by atoms with Crippen molar-refractivity contribution in [1.29, 1.82) is 0 Å². The normalized spacial score (nSPS) is 17.7. The summed E-state index contributed by atoms with van der Waals surface area (Å²) in [5.74, 6) is -0.582. The Labute approximate surface area is 139 Å². The minimum atomic E-state index is -0.422. The number of ether oxygens (including phenoxy) is 2. The lowest BCUT2D eigenvalue weighted by Crippen LogP contribution is -2.49. The highest BCUT2D eigenvalue weighted by Gasteiger charge is 2.27. The maximum atomic E-state index is 14.2. The van der Waals surface area contributed by atoms with Crippen molar-refractivity contribution in [2.24, 2.45) is 0 Å². The number of piperazine rings is 1. The number of amides is 1. The van der Waals surface area contributed by atoms with Gasteiger partial charge < -0.3 is 19.3 Å². The zero-order chi connectivity index (χ0) is 17.1. The number of carbonyl (C=O) groups excluding carboxylic acids is 2. The fraction of sp³-hybridized carbons (Fsp3) is 0.412. The first-order valence-corrected chi connectivity index (χ1v) is 7.85. The van der Waals surface area contributed by atoms with Crippen LogP contribution in [0.4, 0.5) is 10.1 Å². The molecule has 2 heterocycles. The summed E-state index contributed by atoms with van der Waals surface area (Å²) in [7, 11) is 0. The molecule has 1 saturated heterocycles. The number of Topliss-reactive ketones (excluding diaryl/α,β-unsaturated/α-hetero) is 1. The maximum Gasteiger partial charge on any atom is 0.292 e. The van der Waals surface area contributed by atoms with Crippen molar-refractivity contribution in [2.45, 2.75) is 6.92 Å². The first-order chi connectivity index (χ1) is 11.6. The van der Waals surface area contributed by atoms with Gasteiger partial charge in [-0.15, -0.1) is 0 Å². The van der Waals surface area contributed by atoms with Crippen LogP contribution in [0.2, 0.25) is 0 Å². The van der Waals surface area contributed by atoms with Crippen LogP contribution < -0.4 is 4.90 Å². The summed E-state index contributed by atoms with van der Waals surface area (Å²) in [6.07, 6.45) is 1.35. The van der Waals surface area contributed by atoms with Crippen LogP contribution in [0.3, 0.4) is 0 Å². The van der Waals surface area contributed by atoms with Gasteiger partial charge in [-0.25, -0.2) is 4.39 Å². The van der Waals surface area contributed by atoms with Crippen molar-refractivity contribution in [3.8, 4) is 0 Å². The summed E-state index contributed by atoms with van der Waals surface area (Å²) in [6.45, 7) is 4.17. The largest absolute Gasteiger partial charge is 0.494 e. The van der Waals surface area contributed by atoms with Crippen molar-refractivity contribution in [2.75, 3.05) is 44.3 Å². The van der Waals surface area contributed by atoms with Gasteiger partial charge in [0.2, 0.25) is 5.76 Å². The van der Waals surface area contributed by atoms with Gasteiger partial charge in [0.25, 0.3) is 5.91 Å². The monoisotopic (exact) mass is 334 g/mol. The molecule has 0 N–H and O–H groups in total. The number of hydrogen-bond donors (Lipinski definition) is 0. The fourth-order valence-electron chi connectivity index (χ4n) is 2.77. The Hall–Kier alpha value is -2.57. The molecule has 1 aromatic carbocycles. The van der Waals surface area contributed by atoms with Crippen molar-refractivity contribution in [1.82, 2.24) is 4.90 Å². The standard InChI is InChI=1S/C17H19FN2O4/c1-12(21)13-2-3-15(14(18)10-13)19-4-6-20(7-5-19)17(22)16-11-23-8-9-24-16/h2-3,10-11H,4-9H2,1H3. The molecule has 1 fully saturated rings. The van der Waals surface area contributed by atoms with E-state index in [2.05, 4.69) is 0 Å². The van der Waals surface area contributed by atoms with Crippen LogP contribution in [0.1, 0.15) is 17.3 Å². The highest BCUT2D eigenvalue weighted by molar-refractivity contribution is 5.94. The molecule has 0 aromatic heterocycles. The molecule has 2 aliphatic rings. The average Bonchev–Trinajstić information content (AvgIpc) is 2.62. The number of hydrogen-bond acceptors (Lipinski definition) is 5. The summed E-state index contributed by atoms with van der Waals surface area (Å²) in [5.41, 5.74) is 0.801. The molecule has 0 atom stereocenters. The summed E-state index contributed by atoms with van der Waals surface area (Å²) in [4.78, 5) is 27.1. The minimum absolute atomic E-state index is 0.168. The van der Waals surface area contributed by atoms with Crippen LogP contribution >= 0.6 is 0 Å². The van der Waals surface area contributed by atoms with Gasteiger partial charge in [-0.3, -0.25) is 9.59 Å². The Bertz CT molecular complexity index is 681. The summed E-state index contributed by atoms with van der Waals surface area (Å²) < 4.78 is 24.6. The van der Waals surface area contributed by atoms with Crippen molar-refractivity contribution >= 4 is 17.4 Å². The molecule has 0 spiro atoms. The summed E-state index contributed by atoms with van der Waals surface area (Å²) >= 11 is 0. The molecule has 6 nitrogen and oxygen atoms in total. The molecule has 0 radical (unpaired) electrons. The highest BCUT2D eigenvalue weighted by atomic mass is 19.1. The van der Waals surface area contributed by atoms with Crippen molar-refractivity contribution < 1.29 is 23.5 Å². The van der Waals surface area contributed by atoms with Crippen LogP contribution in [0.5, 0.6) is 0 Å². The van der Waals surface area contributed by atoms with E-state index >= 15 is 0 Å². The molecule has 0 saturated carbocycles. The van der Waals surface area contributed by atoms with E-state index in [1.165, 1.54) is 19.3 Å². The van der Waals surface area contributed by atoms with E-state index in [9.17, 15) is 14.0 Å². The zero-order valence-electron chi connectivity index (χ0n) is 13.5. The number of carbonyl (C=O) groups is 2. The molecule has 0 aliphatic carbocycles. The number of halogens is 1. The Morgan fingerprint density at radius 2 is 1.88 bits per heavy atom. The lowest BCUT2D eigenvalue weighted by molar-refractivity contribution is -0.132. The predicted octanol–water partition coefficient (Wildman–Crippen LogP) is 1.57. The van der Waals surface area contributed by atoms with Gasteiger partial charge in [-0.05, 0) is 25.1 Å². The third-order valence-electron chi connectivity index (χ3n) is 4.12. The van der Waals surface area contributed by atoms with E-state index in [-0.39, 0.29) is 17.4 Å². The van der Waals surface area contributed by atoms with Gasteiger partial charge in [0.05, 0.1) is 5.69 Å². The number of rotatable bonds is 3. The molecule has 0 bridgehead atoms. The molecule has 1 amide bonds. The van der Waals surface area contributed by atoms with E-state index < -0.39 is 5.82 Å². The topological polar surface area (TPSA) is 59.1 Å². The van der Waals surface area contributed by atoms with Gasteiger partial charge in [0, 0.05) is 31.7 Å². The van der Waals surface area contributed by atoms with Crippen LogP contribution in [-0.2, 0) is 14.3 Å². The SMILES string of the molecule is CC(=O)c1ccc(N2CCN(C(=O)C3=COCCO3)CC2)c(F)c1. The number of ketones is 1. The van der Waals surface area contributed by atoms with Gasteiger partial charge >= 0.3 is 0 Å². The third kappa shape index (κ3) is 3.34. The third-order valence-corrected chi connectivity index (χ3v) is 4.12. The average molecular weight is 334 g/mol. The van der Waals surface area contributed by atoms with Crippen molar-refractivity contribution in [3.63, 3.8) is 0 Å². The second kappa shape index (κ2) is 6.90. The molecule has 7 heteroatoms. The van der Waals surface area contributed by atoms with E-state index in [0.717, 1.165) is 0 Å². The number of benzene rings is 1. The molecule has 0 unspecified atom stereocenters. The second-order valence-corrected chi connectivity index (χ2v) is 5.70. The van der Waals surface area contributed by atoms with Crippen LogP contribution in [-0.4, -0.2) is 56.0 Å². The second-order valence-electron chi connectivity index (χ2n) is 5.70. The Kier molecular flexibility index (Phi) is 4.69. The maximum absolute atomic E-state index is 14.2. The van der Waals surface area contributed by atoms with E-state index in [1.54, 1.807) is 17.0 Å². The van der Waals surface area contributed by atoms with E-state index in [0.29, 0.717) is 50.6 Å². The quantitative estimate of drug-likeness (QED) is 0.785. The summed E-state index contributed by atoms with van der Waals surface area (Å²) in [5, 5.41) is 0. The molecule has 24 heavy (non-hydrogen) atoms. The highest BCUT2D eigenvalue weighted by Crippen LogP contribution is 2.23. The fourth-order valence-corrected chi connectivity index (χ4v) is 2.77. The summed E-state index contributed by atoms with van der Waals surface area (Å²) in [6, 6.07) is 4.49. The zero-order valence-corrected chi connectivity index (χ0v) is 13.5. The van der Waals surface area contributed by atoms with Gasteiger partial charge in [0.1, 0.15) is 25.3 Å². The molecule has 128 valence electrons. The Morgan fingerprint density at radius 3 is 2.46 bits per heavy atom. The van der Waals surface area contributed by atoms with E-state index in [4.69, 9.17) is 9.47 Å². The number of anilines is 1. The molecular weight excluding hydrogens is 315 g/mol. The smallest absolute Gasteiger partial charge is 0.292 e. The first kappa shape index (κ1) is 16.3. The van der Waals surface area contributed by atoms with Gasteiger partial charge in [-0.1, -0.05) is 0 Å². The molecule has 2 aliphatic heterocycles. The number of nitrogens with zero attached hydrogens (tertiary/aromatic N) is 2. The predicted molar refractivity (Wildman–Crippen MR) is 85.2 cm³/mol. The Morgan fingerprint density at radius 1 is 1.12 bits per heavy atom. The minimum Gasteiger partial charge on any atom is -0.494 e. The van der Waals surface area contributed by atoms with Gasteiger partial charge in [-0.2, -0.15) is 0 Å². The van der Waals surface area contributed by atoms with Crippen LogP contribution in [0, 0.1) is 5.82 Å². The van der Waals surface area contributed by atoms with E-state index in [1.807, 2.05) is 4.90 Å². The molecule has 1 aromatic rings. The molecule has 3 rings (SSSR count). The van der Waals surface area contributed by atoms with Gasteiger partial charge in [0.15, 0.2) is 5.78 Å². The first-order valence-electron chi connectivity index (χ1n) is 7.85. The van der Waals surface area contributed by atoms with Crippen LogP contribution in [0.15, 0.2) is 30.2 Å². The Balaban J connectivity index is 1.64. The lowest BCUT2D eigenvalue weighted by Gasteiger charge is -2.36. The molecular formula is C17H19FN2O4.